The number of hydrogen-bond acceptors (Lipinski definition) is 3. The van der Waals surface area contributed by atoms with Gasteiger partial charge in [0.2, 0.25) is 5.91 Å². The van der Waals surface area contributed by atoms with Crippen LogP contribution in [0.1, 0.15) is 39.5 Å². The number of halogens is 3. The lowest BCUT2D eigenvalue weighted by molar-refractivity contribution is -0.141. The van der Waals surface area contributed by atoms with E-state index in [1.807, 2.05) is 10.2 Å². The molecule has 1 rings (SSSR count). The molecule has 1 aliphatic rings. The summed E-state index contributed by atoms with van der Waals surface area (Å²) in [4.78, 5) is 13.9. The summed E-state index contributed by atoms with van der Waals surface area (Å²) in [6, 6.07) is -0.207. The number of nitrogens with one attached hydrogen (secondary N) is 2. The molecule has 2 unspecified atom stereocenters. The van der Waals surface area contributed by atoms with Gasteiger partial charge in [-0.2, -0.15) is 13.2 Å². The molecular weight excluding hydrogens is 283 g/mol. The van der Waals surface area contributed by atoms with Gasteiger partial charge in [0, 0.05) is 12.6 Å². The first kappa shape index (κ1) is 18.2. The Morgan fingerprint density at radius 3 is 2.71 bits per heavy atom. The van der Waals surface area contributed by atoms with Crippen molar-refractivity contribution < 1.29 is 18.0 Å². The third-order valence-corrected chi connectivity index (χ3v) is 3.81. The van der Waals surface area contributed by atoms with E-state index in [0.717, 1.165) is 38.8 Å². The number of nitrogens with zero attached hydrogens (tertiary/aromatic N) is 1. The van der Waals surface area contributed by atoms with E-state index in [1.54, 1.807) is 6.92 Å². The normalized spacial score (nSPS) is 20.8. The van der Waals surface area contributed by atoms with Crippen LogP contribution in [-0.2, 0) is 4.79 Å². The van der Waals surface area contributed by atoms with Gasteiger partial charge in [-0.1, -0.05) is 13.3 Å². The number of unbranched alkanes of at least 4 members (excludes halogenated alkanes) is 1. The predicted octanol–water partition coefficient (Wildman–Crippen LogP) is 1.91. The average Bonchev–Trinajstić information content (AvgIpc) is 2.92. The van der Waals surface area contributed by atoms with E-state index in [4.69, 9.17) is 0 Å². The summed E-state index contributed by atoms with van der Waals surface area (Å²) in [7, 11) is 0. The second-order valence-corrected chi connectivity index (χ2v) is 5.65. The van der Waals surface area contributed by atoms with Gasteiger partial charge < -0.3 is 10.6 Å². The maximum atomic E-state index is 12.2. The molecule has 1 amide bonds. The molecule has 2 N–H and O–H groups in total. The topological polar surface area (TPSA) is 44.4 Å². The summed E-state index contributed by atoms with van der Waals surface area (Å²) in [5.41, 5.74) is 0. The Labute approximate surface area is 124 Å². The summed E-state index contributed by atoms with van der Waals surface area (Å²) < 4.78 is 36.5. The number of amides is 1. The molecule has 0 aliphatic carbocycles. The number of alkyl halides is 3. The zero-order chi connectivity index (χ0) is 15.9. The summed E-state index contributed by atoms with van der Waals surface area (Å²) in [5, 5.41) is 5.34. The van der Waals surface area contributed by atoms with E-state index in [9.17, 15) is 18.0 Å². The first-order valence-electron chi connectivity index (χ1n) is 7.65. The van der Waals surface area contributed by atoms with Crippen molar-refractivity contribution in [3.8, 4) is 0 Å². The fraction of sp³-hybridized carbons (Fsp3) is 0.929. The van der Waals surface area contributed by atoms with Crippen molar-refractivity contribution in [2.24, 2.45) is 0 Å². The number of hydrogen-bond donors (Lipinski definition) is 2. The minimum absolute atomic E-state index is 0.333. The van der Waals surface area contributed by atoms with Gasteiger partial charge in [0.25, 0.3) is 0 Å². The lowest BCUT2D eigenvalue weighted by atomic mass is 10.1. The molecular formula is C14H26F3N3O. The SMILES string of the molecule is CCCCN(CC1CCCN1)C(C)C(=O)NCC(F)(F)F. The standard InChI is InChI=1S/C14H26F3N3O/c1-3-4-8-20(9-12-6-5-7-18-12)11(2)13(21)19-10-14(15,16)17/h11-12,18H,3-10H2,1-2H3,(H,19,21). The van der Waals surface area contributed by atoms with Gasteiger partial charge in [-0.15, -0.1) is 0 Å². The highest BCUT2D eigenvalue weighted by Crippen LogP contribution is 2.14. The molecule has 0 aromatic heterocycles. The highest BCUT2D eigenvalue weighted by atomic mass is 19.4. The Balaban J connectivity index is 2.51. The molecule has 7 heteroatoms. The molecule has 0 aromatic rings. The zero-order valence-electron chi connectivity index (χ0n) is 12.8. The third kappa shape index (κ3) is 7.13. The Bertz CT molecular complexity index is 317. The number of rotatable bonds is 8. The predicted molar refractivity (Wildman–Crippen MR) is 76.0 cm³/mol. The first-order valence-corrected chi connectivity index (χ1v) is 7.65. The van der Waals surface area contributed by atoms with Crippen molar-refractivity contribution in [3.63, 3.8) is 0 Å². The maximum Gasteiger partial charge on any atom is 0.405 e. The summed E-state index contributed by atoms with van der Waals surface area (Å²) >= 11 is 0. The Morgan fingerprint density at radius 2 is 2.19 bits per heavy atom. The molecule has 0 spiro atoms. The van der Waals surface area contributed by atoms with E-state index in [2.05, 4.69) is 12.2 Å². The number of carbonyl (C=O) groups is 1. The van der Waals surface area contributed by atoms with Gasteiger partial charge in [0.1, 0.15) is 6.54 Å². The molecule has 0 saturated carbocycles. The summed E-state index contributed by atoms with van der Waals surface area (Å²) in [6.07, 6.45) is -0.272. The van der Waals surface area contributed by atoms with E-state index in [1.165, 1.54) is 0 Å². The lowest BCUT2D eigenvalue weighted by Crippen LogP contribution is -2.50. The quantitative estimate of drug-likeness (QED) is 0.720. The zero-order valence-corrected chi connectivity index (χ0v) is 12.8. The minimum atomic E-state index is -4.36. The number of carbonyl (C=O) groups excluding carboxylic acids is 1. The van der Waals surface area contributed by atoms with Crippen LogP contribution >= 0.6 is 0 Å². The summed E-state index contributed by atoms with van der Waals surface area (Å²) in [6.45, 7) is 4.88. The van der Waals surface area contributed by atoms with E-state index in [0.29, 0.717) is 12.6 Å². The molecule has 0 aromatic carbocycles. The highest BCUT2D eigenvalue weighted by molar-refractivity contribution is 5.81. The van der Waals surface area contributed by atoms with Gasteiger partial charge in [-0.25, -0.2) is 0 Å². The summed E-state index contributed by atoms with van der Waals surface area (Å²) in [5.74, 6) is -0.554. The first-order chi connectivity index (χ1) is 9.83. The Kier molecular flexibility index (Phi) is 7.45. The third-order valence-electron chi connectivity index (χ3n) is 3.81. The van der Waals surface area contributed by atoms with Crippen LogP contribution in [0.5, 0.6) is 0 Å². The van der Waals surface area contributed by atoms with Gasteiger partial charge in [-0.3, -0.25) is 9.69 Å². The van der Waals surface area contributed by atoms with Crippen LogP contribution in [0.25, 0.3) is 0 Å². The van der Waals surface area contributed by atoms with Crippen molar-refractivity contribution in [2.45, 2.75) is 57.8 Å². The van der Waals surface area contributed by atoms with Crippen molar-refractivity contribution in [2.75, 3.05) is 26.2 Å². The van der Waals surface area contributed by atoms with Crippen LogP contribution in [-0.4, -0.2) is 55.2 Å². The molecule has 4 nitrogen and oxygen atoms in total. The minimum Gasteiger partial charge on any atom is -0.346 e. The van der Waals surface area contributed by atoms with Crippen LogP contribution in [0.4, 0.5) is 13.2 Å². The monoisotopic (exact) mass is 309 g/mol. The molecule has 1 fully saturated rings. The molecule has 2 atom stereocenters. The van der Waals surface area contributed by atoms with E-state index >= 15 is 0 Å². The van der Waals surface area contributed by atoms with Crippen molar-refractivity contribution in [1.82, 2.24) is 15.5 Å². The van der Waals surface area contributed by atoms with Gasteiger partial charge in [-0.05, 0) is 39.3 Å². The van der Waals surface area contributed by atoms with Crippen LogP contribution in [0.15, 0.2) is 0 Å². The molecule has 21 heavy (non-hydrogen) atoms. The largest absolute Gasteiger partial charge is 0.405 e. The second-order valence-electron chi connectivity index (χ2n) is 5.65. The van der Waals surface area contributed by atoms with Crippen molar-refractivity contribution in [1.29, 1.82) is 0 Å². The van der Waals surface area contributed by atoms with Crippen LogP contribution < -0.4 is 10.6 Å². The van der Waals surface area contributed by atoms with Crippen LogP contribution in [0, 0.1) is 0 Å². The van der Waals surface area contributed by atoms with Crippen LogP contribution in [0.2, 0.25) is 0 Å². The Hall–Kier alpha value is -0.820. The fourth-order valence-electron chi connectivity index (χ4n) is 2.50. The molecule has 0 radical (unpaired) electrons. The van der Waals surface area contributed by atoms with Gasteiger partial charge in [0.05, 0.1) is 6.04 Å². The van der Waals surface area contributed by atoms with Crippen LogP contribution in [0.3, 0.4) is 0 Å². The van der Waals surface area contributed by atoms with E-state index < -0.39 is 24.7 Å². The van der Waals surface area contributed by atoms with Crippen molar-refractivity contribution >= 4 is 5.91 Å². The average molecular weight is 309 g/mol. The maximum absolute atomic E-state index is 12.2. The fourth-order valence-corrected chi connectivity index (χ4v) is 2.50. The van der Waals surface area contributed by atoms with Gasteiger partial charge in [0.15, 0.2) is 0 Å². The second kappa shape index (κ2) is 8.58. The molecule has 124 valence electrons. The molecule has 1 aliphatic heterocycles. The van der Waals surface area contributed by atoms with E-state index in [-0.39, 0.29) is 0 Å². The Morgan fingerprint density at radius 1 is 1.48 bits per heavy atom. The highest BCUT2D eigenvalue weighted by Gasteiger charge is 2.30. The van der Waals surface area contributed by atoms with Gasteiger partial charge >= 0.3 is 6.18 Å². The molecule has 1 saturated heterocycles. The van der Waals surface area contributed by atoms with Crippen molar-refractivity contribution in [3.05, 3.63) is 0 Å². The molecule has 0 bridgehead atoms. The molecule has 1 heterocycles. The smallest absolute Gasteiger partial charge is 0.346 e. The lowest BCUT2D eigenvalue weighted by Gasteiger charge is -2.30.